The largest absolute Gasteiger partial charge is 0.457 e. The van der Waals surface area contributed by atoms with Gasteiger partial charge in [0.2, 0.25) is 0 Å². The number of halogens is 2. The first-order valence-corrected chi connectivity index (χ1v) is 11.7. The highest BCUT2D eigenvalue weighted by atomic mass is 35.5. The number of hydrogen-bond acceptors (Lipinski definition) is 5. The Bertz CT molecular complexity index is 1420. The Hall–Kier alpha value is -3.95. The second-order valence-corrected chi connectivity index (χ2v) is 9.08. The second-order valence-electron chi connectivity index (χ2n) is 7.02. The summed E-state index contributed by atoms with van der Waals surface area (Å²) in [4.78, 5) is 16.4. The number of pyridine rings is 1. The fourth-order valence-corrected chi connectivity index (χ4v) is 4.52. The monoisotopic (exact) mass is 497 g/mol. The molecule has 0 saturated carbocycles. The Kier molecular flexibility index (Phi) is 6.76. The van der Waals surface area contributed by atoms with Gasteiger partial charge in [-0.1, -0.05) is 11.6 Å². The lowest BCUT2D eigenvalue weighted by Gasteiger charge is -2.12. The van der Waals surface area contributed by atoms with E-state index < -0.39 is 21.7 Å². The maximum absolute atomic E-state index is 13.1. The van der Waals surface area contributed by atoms with Gasteiger partial charge in [0.15, 0.2) is 0 Å². The molecule has 0 aliphatic heterocycles. The first kappa shape index (κ1) is 23.2. The quantitative estimate of drug-likeness (QED) is 0.340. The van der Waals surface area contributed by atoms with Crippen LogP contribution in [0.3, 0.4) is 0 Å². The Morgan fingerprint density at radius 1 is 0.853 bits per heavy atom. The topological polar surface area (TPSA) is 97.4 Å². The molecule has 7 nitrogen and oxygen atoms in total. The molecule has 0 radical (unpaired) electrons. The van der Waals surface area contributed by atoms with Crippen molar-refractivity contribution in [1.29, 1.82) is 0 Å². The predicted octanol–water partition coefficient (Wildman–Crippen LogP) is 5.72. The Morgan fingerprint density at radius 2 is 1.47 bits per heavy atom. The number of ether oxygens (including phenoxy) is 1. The van der Waals surface area contributed by atoms with Gasteiger partial charge in [-0.3, -0.25) is 14.5 Å². The number of anilines is 2. The van der Waals surface area contributed by atoms with E-state index in [1.165, 1.54) is 30.3 Å². The summed E-state index contributed by atoms with van der Waals surface area (Å²) in [5, 5.41) is 2.63. The second kappa shape index (κ2) is 9.90. The standard InChI is InChI=1S/C24H17ClFN3O4S/c25-22-10-1-16(15-23(22)34(31,32)29-19-4-2-17(26)3-5-19)24(30)28-18-6-8-20(9-7-18)33-21-11-13-27-14-12-21/h1-15,29H,(H,28,30). The van der Waals surface area contributed by atoms with Gasteiger partial charge in [-0.05, 0) is 78.9 Å². The molecule has 4 rings (SSSR count). The summed E-state index contributed by atoms with van der Waals surface area (Å²) in [5.74, 6) is 0.154. The minimum Gasteiger partial charge on any atom is -0.457 e. The van der Waals surface area contributed by atoms with Crippen molar-refractivity contribution >= 4 is 38.9 Å². The first-order chi connectivity index (χ1) is 16.3. The van der Waals surface area contributed by atoms with Crippen molar-refractivity contribution in [3.05, 3.63) is 108 Å². The van der Waals surface area contributed by atoms with E-state index in [0.29, 0.717) is 17.2 Å². The third-order valence-electron chi connectivity index (χ3n) is 4.58. The molecule has 0 saturated heterocycles. The summed E-state index contributed by atoms with van der Waals surface area (Å²) in [5.41, 5.74) is 0.721. The summed E-state index contributed by atoms with van der Waals surface area (Å²) in [6.07, 6.45) is 3.22. The summed E-state index contributed by atoms with van der Waals surface area (Å²) < 4.78 is 46.7. The Labute approximate surface area is 200 Å². The van der Waals surface area contributed by atoms with Crippen molar-refractivity contribution in [3.8, 4) is 11.5 Å². The molecule has 0 fully saturated rings. The third-order valence-corrected chi connectivity index (χ3v) is 6.44. The van der Waals surface area contributed by atoms with E-state index >= 15 is 0 Å². The van der Waals surface area contributed by atoms with E-state index in [-0.39, 0.29) is 21.2 Å². The lowest BCUT2D eigenvalue weighted by atomic mass is 10.2. The SMILES string of the molecule is O=C(Nc1ccc(Oc2ccncc2)cc1)c1ccc(Cl)c(S(=O)(=O)Nc2ccc(F)cc2)c1. The van der Waals surface area contributed by atoms with Crippen molar-refractivity contribution < 1.29 is 22.3 Å². The van der Waals surface area contributed by atoms with Crippen LogP contribution in [0.2, 0.25) is 5.02 Å². The molecule has 2 N–H and O–H groups in total. The molecular weight excluding hydrogens is 481 g/mol. The molecule has 0 unspecified atom stereocenters. The molecule has 34 heavy (non-hydrogen) atoms. The number of benzene rings is 3. The third kappa shape index (κ3) is 5.69. The van der Waals surface area contributed by atoms with Gasteiger partial charge < -0.3 is 10.1 Å². The van der Waals surface area contributed by atoms with E-state index in [4.69, 9.17) is 16.3 Å². The van der Waals surface area contributed by atoms with E-state index in [1.807, 2.05) is 0 Å². The average molecular weight is 498 g/mol. The molecule has 1 amide bonds. The fourth-order valence-electron chi connectivity index (χ4n) is 2.93. The lowest BCUT2D eigenvalue weighted by molar-refractivity contribution is 0.102. The number of aromatic nitrogens is 1. The van der Waals surface area contributed by atoms with Gasteiger partial charge in [0.05, 0.1) is 5.02 Å². The van der Waals surface area contributed by atoms with Crippen LogP contribution in [0.25, 0.3) is 0 Å². The molecule has 4 aromatic rings. The zero-order valence-electron chi connectivity index (χ0n) is 17.4. The number of nitrogens with one attached hydrogen (secondary N) is 2. The van der Waals surface area contributed by atoms with Crippen LogP contribution in [-0.2, 0) is 10.0 Å². The van der Waals surface area contributed by atoms with Gasteiger partial charge in [-0.25, -0.2) is 12.8 Å². The molecule has 0 aliphatic rings. The molecule has 1 heterocycles. The van der Waals surface area contributed by atoms with Crippen LogP contribution in [0.1, 0.15) is 10.4 Å². The lowest BCUT2D eigenvalue weighted by Crippen LogP contribution is -2.16. The van der Waals surface area contributed by atoms with E-state index in [1.54, 1.807) is 48.8 Å². The number of nitrogens with zero attached hydrogens (tertiary/aromatic N) is 1. The van der Waals surface area contributed by atoms with Gasteiger partial charge in [0, 0.05) is 29.3 Å². The Balaban J connectivity index is 1.48. The summed E-state index contributed by atoms with van der Waals surface area (Å²) >= 11 is 6.09. The predicted molar refractivity (Wildman–Crippen MR) is 127 cm³/mol. The summed E-state index contributed by atoms with van der Waals surface area (Å²) in [6.45, 7) is 0. The molecule has 0 atom stereocenters. The molecule has 0 bridgehead atoms. The number of hydrogen-bond donors (Lipinski definition) is 2. The van der Waals surface area contributed by atoms with Gasteiger partial charge in [0.25, 0.3) is 15.9 Å². The normalized spacial score (nSPS) is 11.0. The maximum Gasteiger partial charge on any atom is 0.263 e. The van der Waals surface area contributed by atoms with Crippen molar-refractivity contribution in [2.45, 2.75) is 4.90 Å². The zero-order chi connectivity index (χ0) is 24.1. The van der Waals surface area contributed by atoms with E-state index in [2.05, 4.69) is 15.0 Å². The molecule has 10 heteroatoms. The van der Waals surface area contributed by atoms with Crippen LogP contribution in [-0.4, -0.2) is 19.3 Å². The number of carbonyl (C=O) groups excluding carboxylic acids is 1. The molecule has 0 spiro atoms. The first-order valence-electron chi connectivity index (χ1n) is 9.87. The molecule has 0 aliphatic carbocycles. The molecule has 1 aromatic heterocycles. The van der Waals surface area contributed by atoms with Crippen molar-refractivity contribution in [2.75, 3.05) is 10.0 Å². The van der Waals surface area contributed by atoms with Crippen LogP contribution < -0.4 is 14.8 Å². The van der Waals surface area contributed by atoms with Gasteiger partial charge in [-0.15, -0.1) is 0 Å². The highest BCUT2D eigenvalue weighted by Gasteiger charge is 2.20. The number of amides is 1. The number of carbonyl (C=O) groups is 1. The minimum atomic E-state index is -4.13. The van der Waals surface area contributed by atoms with Crippen LogP contribution >= 0.6 is 11.6 Å². The molecule has 3 aromatic carbocycles. The van der Waals surface area contributed by atoms with E-state index in [9.17, 15) is 17.6 Å². The Morgan fingerprint density at radius 3 is 2.15 bits per heavy atom. The minimum absolute atomic E-state index is 0.0659. The zero-order valence-corrected chi connectivity index (χ0v) is 19.0. The molecular formula is C24H17ClFN3O4S. The van der Waals surface area contributed by atoms with Crippen LogP contribution in [0.5, 0.6) is 11.5 Å². The number of rotatable bonds is 7. The number of sulfonamides is 1. The maximum atomic E-state index is 13.1. The van der Waals surface area contributed by atoms with Crippen LogP contribution in [0, 0.1) is 5.82 Å². The van der Waals surface area contributed by atoms with Crippen LogP contribution in [0.15, 0.2) is 96.2 Å². The summed E-state index contributed by atoms with van der Waals surface area (Å²) in [6, 6.07) is 18.8. The fraction of sp³-hybridized carbons (Fsp3) is 0. The highest BCUT2D eigenvalue weighted by molar-refractivity contribution is 7.92. The summed E-state index contributed by atoms with van der Waals surface area (Å²) in [7, 11) is -4.13. The van der Waals surface area contributed by atoms with Crippen molar-refractivity contribution in [3.63, 3.8) is 0 Å². The smallest absolute Gasteiger partial charge is 0.263 e. The van der Waals surface area contributed by atoms with Gasteiger partial charge in [0.1, 0.15) is 22.2 Å². The molecule has 172 valence electrons. The van der Waals surface area contributed by atoms with E-state index in [0.717, 1.165) is 12.1 Å². The van der Waals surface area contributed by atoms with Crippen LogP contribution in [0.4, 0.5) is 15.8 Å². The highest BCUT2D eigenvalue weighted by Crippen LogP contribution is 2.26. The average Bonchev–Trinajstić information content (AvgIpc) is 2.82. The van der Waals surface area contributed by atoms with Crippen molar-refractivity contribution in [2.24, 2.45) is 0 Å². The van der Waals surface area contributed by atoms with Crippen molar-refractivity contribution in [1.82, 2.24) is 4.98 Å². The van der Waals surface area contributed by atoms with Gasteiger partial charge >= 0.3 is 0 Å². The van der Waals surface area contributed by atoms with Gasteiger partial charge in [-0.2, -0.15) is 0 Å².